The van der Waals surface area contributed by atoms with E-state index in [0.717, 1.165) is 83.2 Å². The SMILES string of the molecule is COc1ccc(C2CN(C)Cc3cc(OCCCN4CCN(C(=O)C5CCC5)CC4)ccc32)cc1. The van der Waals surface area contributed by atoms with Gasteiger partial charge in [-0.05, 0) is 67.3 Å². The molecule has 6 heteroatoms. The molecule has 0 radical (unpaired) electrons. The Morgan fingerprint density at radius 2 is 1.74 bits per heavy atom. The number of carbonyl (C=O) groups is 1. The van der Waals surface area contributed by atoms with Crippen molar-refractivity contribution in [2.24, 2.45) is 5.92 Å². The first-order valence-corrected chi connectivity index (χ1v) is 13.2. The normalized spacial score (nSPS) is 21.3. The van der Waals surface area contributed by atoms with Crippen LogP contribution in [0.3, 0.4) is 0 Å². The fourth-order valence-electron chi connectivity index (χ4n) is 5.62. The number of fused-ring (bicyclic) bond motifs is 1. The zero-order valence-electron chi connectivity index (χ0n) is 21.2. The molecule has 5 rings (SSSR count). The molecule has 188 valence electrons. The summed E-state index contributed by atoms with van der Waals surface area (Å²) in [5, 5.41) is 0. The predicted octanol–water partition coefficient (Wildman–Crippen LogP) is 3.99. The average molecular weight is 478 g/mol. The van der Waals surface area contributed by atoms with Crippen LogP contribution in [0.4, 0.5) is 0 Å². The fraction of sp³-hybridized carbons (Fsp3) is 0.552. The van der Waals surface area contributed by atoms with Crippen LogP contribution in [0.1, 0.15) is 48.3 Å². The molecule has 1 aliphatic carbocycles. The molecule has 1 saturated carbocycles. The number of rotatable bonds is 8. The molecule has 1 atom stereocenters. The Balaban J connectivity index is 1.10. The van der Waals surface area contributed by atoms with Gasteiger partial charge >= 0.3 is 0 Å². The Hall–Kier alpha value is -2.57. The van der Waals surface area contributed by atoms with E-state index in [-0.39, 0.29) is 0 Å². The minimum Gasteiger partial charge on any atom is -0.497 e. The predicted molar refractivity (Wildman–Crippen MR) is 138 cm³/mol. The molecule has 6 nitrogen and oxygen atoms in total. The largest absolute Gasteiger partial charge is 0.497 e. The van der Waals surface area contributed by atoms with Gasteiger partial charge in [0.1, 0.15) is 11.5 Å². The monoisotopic (exact) mass is 477 g/mol. The number of benzene rings is 2. The molecule has 35 heavy (non-hydrogen) atoms. The molecular formula is C29H39N3O3. The molecule has 1 unspecified atom stereocenters. The highest BCUT2D eigenvalue weighted by molar-refractivity contribution is 5.79. The van der Waals surface area contributed by atoms with Gasteiger partial charge in [-0.15, -0.1) is 0 Å². The summed E-state index contributed by atoms with van der Waals surface area (Å²) < 4.78 is 11.5. The highest BCUT2D eigenvalue weighted by Gasteiger charge is 2.31. The molecule has 3 aliphatic rings. The van der Waals surface area contributed by atoms with E-state index < -0.39 is 0 Å². The second-order valence-electron chi connectivity index (χ2n) is 10.4. The quantitative estimate of drug-likeness (QED) is 0.538. The fourth-order valence-corrected chi connectivity index (χ4v) is 5.62. The van der Waals surface area contributed by atoms with Crippen molar-refractivity contribution in [1.29, 1.82) is 0 Å². The van der Waals surface area contributed by atoms with Gasteiger partial charge in [0.15, 0.2) is 0 Å². The second-order valence-corrected chi connectivity index (χ2v) is 10.4. The van der Waals surface area contributed by atoms with Gasteiger partial charge in [-0.1, -0.05) is 24.6 Å². The highest BCUT2D eigenvalue weighted by Crippen LogP contribution is 2.35. The topological polar surface area (TPSA) is 45.3 Å². The number of ether oxygens (including phenoxy) is 2. The number of likely N-dealkylation sites (N-methyl/N-ethyl adjacent to an activating group) is 1. The third-order valence-corrected chi connectivity index (χ3v) is 7.97. The first-order valence-electron chi connectivity index (χ1n) is 13.2. The minimum atomic E-state index is 0.317. The molecule has 2 aromatic rings. The molecule has 0 aromatic heterocycles. The molecule has 1 amide bonds. The van der Waals surface area contributed by atoms with E-state index in [0.29, 0.717) is 17.7 Å². The zero-order chi connectivity index (χ0) is 24.2. The standard InChI is InChI=1S/C29H39N3O3/c1-30-20-24-19-26(11-12-27(24)28(21-30)22-7-9-25(34-2)10-8-22)35-18-4-13-31-14-16-32(17-15-31)29(33)23-5-3-6-23/h7-12,19,23,28H,3-6,13-18,20-21H2,1-2H3. The Bertz CT molecular complexity index is 997. The van der Waals surface area contributed by atoms with Gasteiger partial charge in [-0.25, -0.2) is 0 Å². The average Bonchev–Trinajstić information content (AvgIpc) is 2.85. The van der Waals surface area contributed by atoms with Crippen molar-refractivity contribution in [2.75, 3.05) is 60.0 Å². The lowest BCUT2D eigenvalue weighted by molar-refractivity contribution is -0.139. The summed E-state index contributed by atoms with van der Waals surface area (Å²) in [4.78, 5) is 19.4. The molecule has 1 saturated heterocycles. The third-order valence-electron chi connectivity index (χ3n) is 7.97. The molecular weight excluding hydrogens is 438 g/mol. The summed E-state index contributed by atoms with van der Waals surface area (Å²) in [5.41, 5.74) is 4.07. The summed E-state index contributed by atoms with van der Waals surface area (Å²) in [7, 11) is 3.89. The van der Waals surface area contributed by atoms with Crippen molar-refractivity contribution in [3.8, 4) is 11.5 Å². The van der Waals surface area contributed by atoms with Gasteiger partial charge < -0.3 is 19.3 Å². The van der Waals surface area contributed by atoms with Crippen LogP contribution in [0.5, 0.6) is 11.5 Å². The van der Waals surface area contributed by atoms with Crippen LogP contribution in [-0.2, 0) is 11.3 Å². The number of hydrogen-bond acceptors (Lipinski definition) is 5. The number of hydrogen-bond donors (Lipinski definition) is 0. The third kappa shape index (κ3) is 5.65. The van der Waals surface area contributed by atoms with Crippen molar-refractivity contribution in [1.82, 2.24) is 14.7 Å². The van der Waals surface area contributed by atoms with E-state index in [4.69, 9.17) is 9.47 Å². The van der Waals surface area contributed by atoms with E-state index in [1.807, 2.05) is 12.1 Å². The number of nitrogens with zero attached hydrogens (tertiary/aromatic N) is 3. The summed E-state index contributed by atoms with van der Waals surface area (Å²) >= 11 is 0. The Kier molecular flexibility index (Phi) is 7.59. The molecule has 2 aromatic carbocycles. The van der Waals surface area contributed by atoms with Gasteiger partial charge in [0, 0.05) is 57.6 Å². The maximum atomic E-state index is 12.4. The lowest BCUT2D eigenvalue weighted by Crippen LogP contribution is -2.51. The summed E-state index contributed by atoms with van der Waals surface area (Å²) in [6.45, 7) is 7.43. The van der Waals surface area contributed by atoms with Crippen LogP contribution in [0.2, 0.25) is 0 Å². The second kappa shape index (κ2) is 11.0. The molecule has 0 N–H and O–H groups in total. The Morgan fingerprint density at radius 3 is 2.43 bits per heavy atom. The number of methoxy groups -OCH3 is 1. The first-order chi connectivity index (χ1) is 17.1. The van der Waals surface area contributed by atoms with E-state index in [1.54, 1.807) is 7.11 Å². The van der Waals surface area contributed by atoms with E-state index in [2.05, 4.69) is 52.1 Å². The molecule has 2 heterocycles. The van der Waals surface area contributed by atoms with Gasteiger partial charge in [0.2, 0.25) is 5.91 Å². The molecule has 0 spiro atoms. The maximum absolute atomic E-state index is 12.4. The molecule has 0 bridgehead atoms. The summed E-state index contributed by atoms with van der Waals surface area (Å²) in [5.74, 6) is 2.93. The summed E-state index contributed by atoms with van der Waals surface area (Å²) in [6.07, 6.45) is 4.41. The first kappa shape index (κ1) is 24.1. The van der Waals surface area contributed by atoms with Crippen LogP contribution in [0.25, 0.3) is 0 Å². The van der Waals surface area contributed by atoms with Crippen molar-refractivity contribution in [2.45, 2.75) is 38.1 Å². The van der Waals surface area contributed by atoms with Crippen LogP contribution in [0, 0.1) is 5.92 Å². The van der Waals surface area contributed by atoms with Crippen LogP contribution in [-0.4, -0.2) is 80.6 Å². The van der Waals surface area contributed by atoms with Gasteiger partial charge in [-0.3, -0.25) is 9.69 Å². The maximum Gasteiger partial charge on any atom is 0.225 e. The number of carbonyl (C=O) groups excluding carboxylic acids is 1. The Morgan fingerprint density at radius 1 is 1.00 bits per heavy atom. The van der Waals surface area contributed by atoms with Crippen molar-refractivity contribution < 1.29 is 14.3 Å². The van der Waals surface area contributed by atoms with Crippen molar-refractivity contribution in [3.05, 3.63) is 59.2 Å². The van der Waals surface area contributed by atoms with E-state index in [9.17, 15) is 4.79 Å². The van der Waals surface area contributed by atoms with Crippen LogP contribution in [0.15, 0.2) is 42.5 Å². The van der Waals surface area contributed by atoms with Gasteiger partial charge in [0.05, 0.1) is 13.7 Å². The molecule has 2 aliphatic heterocycles. The number of amides is 1. The van der Waals surface area contributed by atoms with E-state index in [1.165, 1.54) is 23.1 Å². The molecule has 2 fully saturated rings. The summed E-state index contributed by atoms with van der Waals surface area (Å²) in [6, 6.07) is 15.1. The lowest BCUT2D eigenvalue weighted by Gasteiger charge is -2.38. The zero-order valence-corrected chi connectivity index (χ0v) is 21.2. The highest BCUT2D eigenvalue weighted by atomic mass is 16.5. The smallest absolute Gasteiger partial charge is 0.225 e. The van der Waals surface area contributed by atoms with Crippen LogP contribution >= 0.6 is 0 Å². The van der Waals surface area contributed by atoms with E-state index >= 15 is 0 Å². The van der Waals surface area contributed by atoms with Gasteiger partial charge in [-0.2, -0.15) is 0 Å². The Labute approximate surface area is 209 Å². The van der Waals surface area contributed by atoms with Crippen LogP contribution < -0.4 is 9.47 Å². The van der Waals surface area contributed by atoms with Gasteiger partial charge in [0.25, 0.3) is 0 Å². The number of piperazine rings is 1. The van der Waals surface area contributed by atoms with Crippen molar-refractivity contribution in [3.63, 3.8) is 0 Å². The lowest BCUT2D eigenvalue weighted by atomic mass is 9.84. The minimum absolute atomic E-state index is 0.317. The van der Waals surface area contributed by atoms with Crippen molar-refractivity contribution >= 4 is 5.91 Å².